The van der Waals surface area contributed by atoms with Crippen molar-refractivity contribution in [3.8, 4) is 0 Å². The number of carbonyl (C=O) groups is 2. The van der Waals surface area contributed by atoms with Crippen LogP contribution in [0.5, 0.6) is 0 Å². The summed E-state index contributed by atoms with van der Waals surface area (Å²) in [4.78, 5) is 27.6. The second-order valence-electron chi connectivity index (χ2n) is 6.42. The van der Waals surface area contributed by atoms with Gasteiger partial charge < -0.3 is 14.9 Å². The van der Waals surface area contributed by atoms with Crippen LogP contribution in [0.4, 0.5) is 4.79 Å². The predicted octanol–water partition coefficient (Wildman–Crippen LogP) is 4.13. The van der Waals surface area contributed by atoms with Gasteiger partial charge in [-0.3, -0.25) is 4.79 Å². The molecule has 1 saturated carbocycles. The summed E-state index contributed by atoms with van der Waals surface area (Å²) in [5.74, 6) is -0.147. The number of nitrogens with zero attached hydrogens (tertiary/aromatic N) is 2. The summed E-state index contributed by atoms with van der Waals surface area (Å²) in [5.41, 5.74) is 0.393. The average molecular weight is 371 g/mol. The quantitative estimate of drug-likeness (QED) is 0.869. The zero-order valence-corrected chi connectivity index (χ0v) is 14.8. The minimum Gasteiger partial charge on any atom is -0.465 e. The summed E-state index contributed by atoms with van der Waals surface area (Å²) < 4.78 is 0. The summed E-state index contributed by atoms with van der Waals surface area (Å²) >= 11 is 12.3. The van der Waals surface area contributed by atoms with E-state index < -0.39 is 6.09 Å². The molecule has 0 aromatic heterocycles. The third-order valence-corrected chi connectivity index (χ3v) is 5.78. The smallest absolute Gasteiger partial charge is 0.407 e. The molecule has 1 aliphatic carbocycles. The summed E-state index contributed by atoms with van der Waals surface area (Å²) in [6.07, 6.45) is 3.81. The van der Waals surface area contributed by atoms with E-state index in [4.69, 9.17) is 23.2 Å². The van der Waals surface area contributed by atoms with E-state index in [1.165, 1.54) is 4.90 Å². The molecule has 0 bridgehead atoms. The molecule has 1 saturated heterocycles. The third-order valence-electron chi connectivity index (χ3n) is 4.96. The normalized spacial score (nSPS) is 21.2. The van der Waals surface area contributed by atoms with Crippen molar-refractivity contribution in [3.63, 3.8) is 0 Å². The zero-order valence-electron chi connectivity index (χ0n) is 13.3. The zero-order chi connectivity index (χ0) is 17.3. The second-order valence-corrected chi connectivity index (χ2v) is 7.21. The van der Waals surface area contributed by atoms with Crippen molar-refractivity contribution in [2.24, 2.45) is 0 Å². The first-order chi connectivity index (χ1) is 11.5. The van der Waals surface area contributed by atoms with Crippen molar-refractivity contribution >= 4 is 35.2 Å². The fourth-order valence-corrected chi connectivity index (χ4v) is 4.14. The number of carboxylic acid groups (broad SMARTS) is 1. The first-order valence-electron chi connectivity index (χ1n) is 8.23. The van der Waals surface area contributed by atoms with Crippen LogP contribution in [0.25, 0.3) is 0 Å². The highest BCUT2D eigenvalue weighted by Gasteiger charge is 2.38. The molecule has 1 N–H and O–H groups in total. The Bertz CT molecular complexity index is 647. The van der Waals surface area contributed by atoms with Gasteiger partial charge in [0.25, 0.3) is 5.91 Å². The number of hydrogen-bond acceptors (Lipinski definition) is 2. The molecule has 24 heavy (non-hydrogen) atoms. The molecule has 2 fully saturated rings. The van der Waals surface area contributed by atoms with E-state index in [0.29, 0.717) is 30.1 Å². The van der Waals surface area contributed by atoms with E-state index in [9.17, 15) is 14.7 Å². The molecular formula is C17H20Cl2N2O3. The Morgan fingerprint density at radius 3 is 2.46 bits per heavy atom. The maximum Gasteiger partial charge on any atom is 0.407 e. The van der Waals surface area contributed by atoms with Crippen molar-refractivity contribution in [2.75, 3.05) is 13.1 Å². The van der Waals surface area contributed by atoms with Gasteiger partial charge in [0.2, 0.25) is 0 Å². The average Bonchev–Trinajstić information content (AvgIpc) is 3.22. The van der Waals surface area contributed by atoms with E-state index in [-0.39, 0.29) is 23.0 Å². The van der Waals surface area contributed by atoms with Crippen molar-refractivity contribution in [1.82, 2.24) is 9.80 Å². The Labute approximate surface area is 151 Å². The lowest BCUT2D eigenvalue weighted by atomic mass is 10.1. The molecule has 1 heterocycles. The highest BCUT2D eigenvalue weighted by atomic mass is 35.5. The van der Waals surface area contributed by atoms with Crippen molar-refractivity contribution in [2.45, 2.75) is 44.2 Å². The molecule has 7 heteroatoms. The summed E-state index contributed by atoms with van der Waals surface area (Å²) in [7, 11) is 0. The van der Waals surface area contributed by atoms with Gasteiger partial charge in [-0.1, -0.05) is 42.1 Å². The number of rotatable bonds is 3. The van der Waals surface area contributed by atoms with Crippen LogP contribution >= 0.6 is 23.2 Å². The minimum absolute atomic E-state index is 0.105. The standard InChI is InChI=1S/C17H20Cl2N2O3/c18-14-7-3-6-13(15(14)19)16(22)21(11-4-1-2-5-11)12-8-9-20(10-12)17(23)24/h3,6-7,11-12H,1-2,4-5,8-10H2,(H,23,24)/t12-/m0/s1. The molecule has 2 amide bonds. The lowest BCUT2D eigenvalue weighted by molar-refractivity contribution is 0.0579. The van der Waals surface area contributed by atoms with Gasteiger partial charge in [0, 0.05) is 19.1 Å². The van der Waals surface area contributed by atoms with Crippen LogP contribution in [0, 0.1) is 0 Å². The second kappa shape index (κ2) is 7.19. The minimum atomic E-state index is -0.933. The van der Waals surface area contributed by atoms with Crippen LogP contribution in [-0.2, 0) is 0 Å². The lowest BCUT2D eigenvalue weighted by Crippen LogP contribution is -2.47. The molecule has 0 radical (unpaired) electrons. The number of carbonyl (C=O) groups excluding carboxylic acids is 1. The van der Waals surface area contributed by atoms with Crippen LogP contribution < -0.4 is 0 Å². The van der Waals surface area contributed by atoms with Crippen molar-refractivity contribution in [3.05, 3.63) is 33.8 Å². The molecule has 0 unspecified atom stereocenters. The lowest BCUT2D eigenvalue weighted by Gasteiger charge is -2.34. The summed E-state index contributed by atoms with van der Waals surface area (Å²) in [6.45, 7) is 0.815. The Hall–Kier alpha value is -1.46. The Morgan fingerprint density at radius 2 is 1.83 bits per heavy atom. The van der Waals surface area contributed by atoms with Gasteiger partial charge in [0.1, 0.15) is 0 Å². The Balaban J connectivity index is 1.89. The van der Waals surface area contributed by atoms with Crippen LogP contribution in [0.15, 0.2) is 18.2 Å². The van der Waals surface area contributed by atoms with Crippen LogP contribution in [0.3, 0.4) is 0 Å². The summed E-state index contributed by atoms with van der Waals surface area (Å²) in [6, 6.07) is 5.09. The van der Waals surface area contributed by atoms with Crippen LogP contribution in [-0.4, -0.2) is 52.1 Å². The largest absolute Gasteiger partial charge is 0.465 e. The van der Waals surface area contributed by atoms with E-state index >= 15 is 0 Å². The first-order valence-corrected chi connectivity index (χ1v) is 8.99. The topological polar surface area (TPSA) is 60.9 Å². The maximum atomic E-state index is 13.2. The van der Waals surface area contributed by atoms with Gasteiger partial charge in [-0.25, -0.2) is 4.79 Å². The van der Waals surface area contributed by atoms with Gasteiger partial charge >= 0.3 is 6.09 Å². The number of likely N-dealkylation sites (tertiary alicyclic amines) is 1. The molecule has 1 aliphatic heterocycles. The van der Waals surface area contributed by atoms with Gasteiger partial charge in [-0.05, 0) is 31.4 Å². The monoisotopic (exact) mass is 370 g/mol. The third kappa shape index (κ3) is 3.33. The van der Waals surface area contributed by atoms with Gasteiger partial charge in [-0.15, -0.1) is 0 Å². The number of halogens is 2. The Morgan fingerprint density at radius 1 is 1.12 bits per heavy atom. The van der Waals surface area contributed by atoms with E-state index in [2.05, 4.69) is 0 Å². The maximum absolute atomic E-state index is 13.2. The summed E-state index contributed by atoms with van der Waals surface area (Å²) in [5, 5.41) is 9.82. The SMILES string of the molecule is O=C(O)N1CC[C@H](N(C(=O)c2cccc(Cl)c2Cl)C2CCCC2)C1. The molecule has 1 aromatic carbocycles. The molecule has 2 aliphatic rings. The van der Waals surface area contributed by atoms with Crippen molar-refractivity contribution in [1.29, 1.82) is 0 Å². The molecule has 0 spiro atoms. The van der Waals surface area contributed by atoms with E-state index in [1.807, 2.05) is 4.90 Å². The van der Waals surface area contributed by atoms with Crippen LogP contribution in [0.2, 0.25) is 10.0 Å². The molecule has 1 aromatic rings. The highest BCUT2D eigenvalue weighted by molar-refractivity contribution is 6.43. The van der Waals surface area contributed by atoms with Gasteiger partial charge in [0.05, 0.1) is 21.7 Å². The van der Waals surface area contributed by atoms with E-state index in [0.717, 1.165) is 25.7 Å². The molecule has 1 atom stereocenters. The number of hydrogen-bond donors (Lipinski definition) is 1. The molecular weight excluding hydrogens is 351 g/mol. The number of benzene rings is 1. The molecule has 5 nitrogen and oxygen atoms in total. The Kier molecular flexibility index (Phi) is 5.21. The predicted molar refractivity (Wildman–Crippen MR) is 92.9 cm³/mol. The van der Waals surface area contributed by atoms with Crippen molar-refractivity contribution < 1.29 is 14.7 Å². The van der Waals surface area contributed by atoms with Gasteiger partial charge in [-0.2, -0.15) is 0 Å². The first kappa shape index (κ1) is 17.4. The fraction of sp³-hybridized carbons (Fsp3) is 0.529. The fourth-order valence-electron chi connectivity index (χ4n) is 3.76. The molecule has 130 valence electrons. The molecule has 3 rings (SSSR count). The van der Waals surface area contributed by atoms with Gasteiger partial charge in [0.15, 0.2) is 0 Å². The van der Waals surface area contributed by atoms with Crippen LogP contribution in [0.1, 0.15) is 42.5 Å². The van der Waals surface area contributed by atoms with E-state index in [1.54, 1.807) is 18.2 Å². The number of amides is 2. The highest BCUT2D eigenvalue weighted by Crippen LogP contribution is 2.33.